The maximum Gasteiger partial charge on any atom is 0.330 e. The molecule has 0 saturated heterocycles. The number of hydrogen-bond acceptors (Lipinski definition) is 16. The Bertz CT molecular complexity index is 3330. The van der Waals surface area contributed by atoms with E-state index in [1.165, 1.54) is 23.8 Å². The molecule has 1 aromatic heterocycles. The fourth-order valence-electron chi connectivity index (χ4n) is 11.4. The zero-order valence-corrected chi connectivity index (χ0v) is 53.2. The molecule has 0 aliphatic heterocycles. The molecule has 2 saturated carbocycles. The van der Waals surface area contributed by atoms with Gasteiger partial charge in [-0.05, 0) is 224 Å². The minimum Gasteiger partial charge on any atom is -0.494 e. The second-order valence-electron chi connectivity index (χ2n) is 23.8. The van der Waals surface area contributed by atoms with E-state index in [9.17, 15) is 24.0 Å². The number of carbonyl (C=O) groups is 5. The number of hydrogen-bond donors (Lipinski definition) is 0. The van der Waals surface area contributed by atoms with E-state index in [2.05, 4.69) is 37.9 Å². The average molecular weight is 1260 g/mol. The lowest BCUT2D eigenvalue weighted by molar-refractivity contribution is -0.141. The second-order valence-corrected chi connectivity index (χ2v) is 23.8. The Kier molecular flexibility index (Phi) is 28.7. The first kappa shape index (κ1) is 69.1. The summed E-state index contributed by atoms with van der Waals surface area (Å²) in [6.07, 6.45) is 22.8. The van der Waals surface area contributed by atoms with E-state index in [1.807, 2.05) is 72.8 Å². The first-order chi connectivity index (χ1) is 45.0. The summed E-state index contributed by atoms with van der Waals surface area (Å²) < 4.78 is 51.6. The van der Waals surface area contributed by atoms with Gasteiger partial charge in [-0.3, -0.25) is 9.59 Å². The summed E-state index contributed by atoms with van der Waals surface area (Å²) in [5.74, 6) is 2.45. The van der Waals surface area contributed by atoms with Crippen molar-refractivity contribution in [1.29, 1.82) is 0 Å². The van der Waals surface area contributed by atoms with Crippen LogP contribution in [0.4, 0.5) is 0 Å². The molecule has 92 heavy (non-hydrogen) atoms. The van der Waals surface area contributed by atoms with Gasteiger partial charge in [0.2, 0.25) is 0 Å². The largest absolute Gasteiger partial charge is 0.494 e. The van der Waals surface area contributed by atoms with Crippen molar-refractivity contribution < 1.29 is 66.6 Å². The van der Waals surface area contributed by atoms with Crippen molar-refractivity contribution >= 4 is 40.9 Å². The summed E-state index contributed by atoms with van der Waals surface area (Å²) in [5, 5.41) is 0. The van der Waals surface area contributed by atoms with Crippen LogP contribution >= 0.6 is 0 Å². The van der Waals surface area contributed by atoms with E-state index in [-0.39, 0.29) is 41.6 Å². The van der Waals surface area contributed by atoms with Gasteiger partial charge in [-0.2, -0.15) is 0 Å². The van der Waals surface area contributed by atoms with Gasteiger partial charge in [0.05, 0.1) is 80.5 Å². The summed E-state index contributed by atoms with van der Waals surface area (Å²) in [5.41, 5.74) is 5.96. The van der Waals surface area contributed by atoms with Crippen molar-refractivity contribution in [3.63, 3.8) is 0 Å². The molecule has 8 rings (SSSR count). The van der Waals surface area contributed by atoms with Crippen molar-refractivity contribution in [3.8, 4) is 57.0 Å². The van der Waals surface area contributed by atoms with Gasteiger partial charge in [0.1, 0.15) is 34.5 Å². The molecule has 16 nitrogen and oxygen atoms in total. The monoisotopic (exact) mass is 1250 g/mol. The molecule has 488 valence electrons. The van der Waals surface area contributed by atoms with E-state index in [0.29, 0.717) is 69.2 Å². The molecule has 0 spiro atoms. The summed E-state index contributed by atoms with van der Waals surface area (Å²) in [7, 11) is 0. The first-order valence-corrected chi connectivity index (χ1v) is 33.1. The lowest BCUT2D eigenvalue weighted by Gasteiger charge is -2.27. The molecule has 16 heteroatoms. The minimum atomic E-state index is -0.397. The van der Waals surface area contributed by atoms with Gasteiger partial charge in [-0.15, -0.1) is 0 Å². The topological polar surface area (TPSA) is 194 Å². The lowest BCUT2D eigenvalue weighted by Crippen LogP contribution is -2.27. The SMILES string of the molecule is C=CC(=O)OCCCCCCCc1ccc2nc(-c3cccc(OCC4CCC(C(=O)Oc5ccc(OCCCCCCOC(=O)C=C)cc5)CC4)c3)c(-c3cccc(OCC4CCC(C(=O)Oc5ccc(OCCCCCCOC(=O)C=C)cc5)CC4)c3)nc2c1. The third-order valence-electron chi connectivity index (χ3n) is 16.8. The van der Waals surface area contributed by atoms with Gasteiger partial charge in [-0.25, -0.2) is 24.4 Å². The Morgan fingerprint density at radius 1 is 0.380 bits per heavy atom. The quantitative estimate of drug-likeness (QED) is 0.0116. The fourth-order valence-corrected chi connectivity index (χ4v) is 11.4. The first-order valence-electron chi connectivity index (χ1n) is 33.1. The van der Waals surface area contributed by atoms with Crippen molar-refractivity contribution in [3.05, 3.63) is 159 Å². The molecule has 0 unspecified atom stereocenters. The van der Waals surface area contributed by atoms with Crippen LogP contribution in [0.25, 0.3) is 33.5 Å². The van der Waals surface area contributed by atoms with E-state index in [4.69, 9.17) is 52.6 Å². The Morgan fingerprint density at radius 3 is 1.18 bits per heavy atom. The molecule has 0 amide bonds. The van der Waals surface area contributed by atoms with Gasteiger partial charge in [-0.1, -0.05) is 69.3 Å². The molecular formula is C76H90N2O14. The Morgan fingerprint density at radius 2 is 0.761 bits per heavy atom. The second kappa shape index (κ2) is 38.2. The molecule has 0 bridgehead atoms. The highest BCUT2D eigenvalue weighted by Gasteiger charge is 2.30. The minimum absolute atomic E-state index is 0.186. The number of aromatic nitrogens is 2. The number of aryl methyl sites for hydroxylation is 1. The number of fused-ring (bicyclic) bond motifs is 1. The van der Waals surface area contributed by atoms with Gasteiger partial charge >= 0.3 is 29.8 Å². The average Bonchev–Trinajstić information content (AvgIpc) is 0.809. The highest BCUT2D eigenvalue weighted by Crippen LogP contribution is 2.37. The summed E-state index contributed by atoms with van der Waals surface area (Å²) >= 11 is 0. The predicted octanol–water partition coefficient (Wildman–Crippen LogP) is 16.1. The predicted molar refractivity (Wildman–Crippen MR) is 355 cm³/mol. The number of ether oxygens (including phenoxy) is 9. The summed E-state index contributed by atoms with van der Waals surface area (Å²) in [6.45, 7) is 13.6. The highest BCUT2D eigenvalue weighted by atomic mass is 16.6. The van der Waals surface area contributed by atoms with Gasteiger partial charge in [0.25, 0.3) is 0 Å². The van der Waals surface area contributed by atoms with Crippen LogP contribution in [0.2, 0.25) is 0 Å². The fraction of sp³-hybridized carbons (Fsp3) is 0.434. The standard InChI is InChI=1S/C76H90N2O14/c1-4-70(79)86-47-17-9-7-8-14-22-55-31-44-68-69(50-55)78-74(61-24-21-26-67(52-61)90-54-57-29-34-59(35-30-57)76(83)92-65-42-38-63(39-43-65)85-46-16-11-13-19-49-88-72(81)6-3)73(77-68)60-23-20-25-66(51-60)89-53-56-27-32-58(33-28-56)75(82)91-64-40-36-62(37-41-64)84-45-15-10-12-18-48-87-71(80)5-2/h4-6,20-21,23-26,31,36-44,50-52,56-59H,1-3,7-19,22,27-30,32-35,45-49,53-54H2. The Labute approximate surface area is 542 Å². The number of unbranched alkanes of at least 4 members (excludes halogenated alkanes) is 10. The van der Waals surface area contributed by atoms with Crippen LogP contribution in [0.1, 0.15) is 140 Å². The number of benzene rings is 5. The number of rotatable bonds is 39. The van der Waals surface area contributed by atoms with Gasteiger partial charge in [0, 0.05) is 29.4 Å². The Hall–Kier alpha value is -8.79. The number of carbonyl (C=O) groups excluding carboxylic acids is 5. The van der Waals surface area contributed by atoms with Crippen molar-refractivity contribution in [2.24, 2.45) is 23.7 Å². The third-order valence-corrected chi connectivity index (χ3v) is 16.8. The molecule has 0 N–H and O–H groups in total. The van der Waals surface area contributed by atoms with Crippen LogP contribution in [0.15, 0.2) is 153 Å². The zero-order valence-electron chi connectivity index (χ0n) is 53.2. The van der Waals surface area contributed by atoms with Crippen LogP contribution in [0.5, 0.6) is 34.5 Å². The highest BCUT2D eigenvalue weighted by molar-refractivity contribution is 5.87. The van der Waals surface area contributed by atoms with Crippen LogP contribution in [-0.4, -0.2) is 86.1 Å². The van der Waals surface area contributed by atoms with E-state index >= 15 is 0 Å². The van der Waals surface area contributed by atoms with Gasteiger partial charge < -0.3 is 42.6 Å². The smallest absolute Gasteiger partial charge is 0.330 e. The van der Waals surface area contributed by atoms with Crippen LogP contribution < -0.4 is 28.4 Å². The van der Waals surface area contributed by atoms with Crippen LogP contribution in [0.3, 0.4) is 0 Å². The van der Waals surface area contributed by atoms with E-state index < -0.39 is 11.9 Å². The molecular weight excluding hydrogens is 1160 g/mol. The van der Waals surface area contributed by atoms with Crippen molar-refractivity contribution in [2.75, 3.05) is 46.2 Å². The summed E-state index contributed by atoms with van der Waals surface area (Å²) in [6, 6.07) is 36.8. The van der Waals surface area contributed by atoms with Crippen LogP contribution in [0, 0.1) is 23.7 Å². The zero-order chi connectivity index (χ0) is 64.5. The molecule has 2 aliphatic rings. The van der Waals surface area contributed by atoms with E-state index in [1.54, 1.807) is 24.3 Å². The number of esters is 5. The maximum atomic E-state index is 13.3. The molecule has 0 radical (unpaired) electrons. The van der Waals surface area contributed by atoms with Gasteiger partial charge in [0.15, 0.2) is 0 Å². The molecule has 0 atom stereocenters. The molecule has 5 aromatic carbocycles. The molecule has 2 aliphatic carbocycles. The third kappa shape index (κ3) is 23.5. The van der Waals surface area contributed by atoms with E-state index in [0.717, 1.165) is 186 Å². The van der Waals surface area contributed by atoms with Crippen molar-refractivity contribution in [2.45, 2.75) is 141 Å². The van der Waals surface area contributed by atoms with Crippen LogP contribution in [-0.2, 0) is 44.6 Å². The lowest BCUT2D eigenvalue weighted by atomic mass is 9.82. The normalized spacial score (nSPS) is 16.1. The molecule has 1 heterocycles. The Balaban J connectivity index is 0.826. The molecule has 2 fully saturated rings. The van der Waals surface area contributed by atoms with Crippen molar-refractivity contribution in [1.82, 2.24) is 9.97 Å². The maximum absolute atomic E-state index is 13.3. The summed E-state index contributed by atoms with van der Waals surface area (Å²) in [4.78, 5) is 71.0. The number of nitrogens with zero attached hydrogens (tertiary/aromatic N) is 2. The molecule has 6 aromatic rings.